The van der Waals surface area contributed by atoms with Gasteiger partial charge in [0.15, 0.2) is 0 Å². The molecule has 0 aliphatic heterocycles. The molecular formula is C13H14N4O. The molecule has 1 unspecified atom stereocenters. The van der Waals surface area contributed by atoms with Crippen LogP contribution < -0.4 is 5.32 Å². The Kier molecular flexibility index (Phi) is 3.28. The number of imidazole rings is 1. The van der Waals surface area contributed by atoms with Gasteiger partial charge in [0.2, 0.25) is 0 Å². The molecule has 0 saturated heterocycles. The third-order valence-corrected chi connectivity index (χ3v) is 2.62. The number of carbonyl (C=O) groups excluding carboxylic acids is 1. The van der Waals surface area contributed by atoms with Crippen LogP contribution in [-0.4, -0.2) is 21.3 Å². The van der Waals surface area contributed by atoms with Crippen molar-refractivity contribution in [3.8, 4) is 6.07 Å². The van der Waals surface area contributed by atoms with Crippen LogP contribution in [0.4, 0.5) is 0 Å². The number of nitriles is 1. The molecule has 5 heteroatoms. The molecule has 0 spiro atoms. The SMILES string of the molecule is Cc1ccn2cc(C(=O)NC(C)CC#N)nc2c1. The van der Waals surface area contributed by atoms with Gasteiger partial charge in [0.1, 0.15) is 11.3 Å². The summed E-state index contributed by atoms with van der Waals surface area (Å²) in [5.74, 6) is -0.251. The number of fused-ring (bicyclic) bond motifs is 1. The summed E-state index contributed by atoms with van der Waals surface area (Å²) in [6.07, 6.45) is 3.84. The highest BCUT2D eigenvalue weighted by Crippen LogP contribution is 2.08. The van der Waals surface area contributed by atoms with E-state index in [-0.39, 0.29) is 18.4 Å². The first-order chi connectivity index (χ1) is 8.60. The van der Waals surface area contributed by atoms with Crippen LogP contribution in [0, 0.1) is 18.3 Å². The third kappa shape index (κ3) is 2.48. The molecule has 5 nitrogen and oxygen atoms in total. The summed E-state index contributed by atoms with van der Waals surface area (Å²) in [6, 6.07) is 5.71. The van der Waals surface area contributed by atoms with Gasteiger partial charge in [-0.15, -0.1) is 0 Å². The Balaban J connectivity index is 2.21. The summed E-state index contributed by atoms with van der Waals surface area (Å²) < 4.78 is 1.80. The Morgan fingerprint density at radius 2 is 2.44 bits per heavy atom. The molecule has 0 bridgehead atoms. The topological polar surface area (TPSA) is 70.2 Å². The van der Waals surface area contributed by atoms with Gasteiger partial charge >= 0.3 is 0 Å². The summed E-state index contributed by atoms with van der Waals surface area (Å²) in [4.78, 5) is 16.1. The minimum absolute atomic E-state index is 0.172. The van der Waals surface area contributed by atoms with E-state index in [2.05, 4.69) is 10.3 Å². The maximum atomic E-state index is 11.9. The van der Waals surface area contributed by atoms with E-state index in [1.54, 1.807) is 17.5 Å². The molecule has 2 aromatic rings. The summed E-state index contributed by atoms with van der Waals surface area (Å²) in [7, 11) is 0. The predicted octanol–water partition coefficient (Wildman–Crippen LogP) is 1.67. The lowest BCUT2D eigenvalue weighted by Gasteiger charge is -2.07. The number of nitrogens with one attached hydrogen (secondary N) is 1. The number of hydrogen-bond acceptors (Lipinski definition) is 3. The number of pyridine rings is 1. The van der Waals surface area contributed by atoms with E-state index < -0.39 is 0 Å². The maximum absolute atomic E-state index is 11.9. The van der Waals surface area contributed by atoms with Crippen molar-refractivity contribution < 1.29 is 4.79 Å². The van der Waals surface area contributed by atoms with E-state index in [0.29, 0.717) is 5.69 Å². The molecule has 0 radical (unpaired) electrons. The summed E-state index contributed by atoms with van der Waals surface area (Å²) in [5.41, 5.74) is 2.20. The van der Waals surface area contributed by atoms with Gasteiger partial charge in [0, 0.05) is 18.4 Å². The van der Waals surface area contributed by atoms with Crippen LogP contribution in [0.1, 0.15) is 29.4 Å². The van der Waals surface area contributed by atoms with Crippen molar-refractivity contribution >= 4 is 11.6 Å². The first-order valence-electron chi connectivity index (χ1n) is 5.73. The van der Waals surface area contributed by atoms with Crippen molar-refractivity contribution in [2.45, 2.75) is 26.3 Å². The largest absolute Gasteiger partial charge is 0.347 e. The molecule has 0 aliphatic carbocycles. The molecule has 92 valence electrons. The zero-order valence-corrected chi connectivity index (χ0v) is 10.3. The second-order valence-electron chi connectivity index (χ2n) is 4.33. The van der Waals surface area contributed by atoms with Gasteiger partial charge in [0.05, 0.1) is 12.5 Å². The Morgan fingerprint density at radius 3 is 3.17 bits per heavy atom. The second kappa shape index (κ2) is 4.88. The molecule has 0 aliphatic rings. The number of rotatable bonds is 3. The van der Waals surface area contributed by atoms with Gasteiger partial charge in [0.25, 0.3) is 5.91 Å². The van der Waals surface area contributed by atoms with Crippen molar-refractivity contribution in [2.75, 3.05) is 0 Å². The molecule has 1 amide bonds. The first-order valence-corrected chi connectivity index (χ1v) is 5.73. The zero-order chi connectivity index (χ0) is 13.1. The minimum atomic E-state index is -0.251. The van der Waals surface area contributed by atoms with E-state index >= 15 is 0 Å². The lowest BCUT2D eigenvalue weighted by molar-refractivity contribution is 0.0936. The fourth-order valence-electron chi connectivity index (χ4n) is 1.68. The monoisotopic (exact) mass is 242 g/mol. The van der Waals surface area contributed by atoms with E-state index in [9.17, 15) is 4.79 Å². The zero-order valence-electron chi connectivity index (χ0n) is 10.3. The summed E-state index contributed by atoms with van der Waals surface area (Å²) >= 11 is 0. The van der Waals surface area contributed by atoms with Gasteiger partial charge in [-0.1, -0.05) is 0 Å². The molecule has 2 aromatic heterocycles. The Labute approximate surface area is 105 Å². The predicted molar refractivity (Wildman–Crippen MR) is 67.1 cm³/mol. The van der Waals surface area contributed by atoms with Crippen LogP contribution in [0.25, 0.3) is 5.65 Å². The first kappa shape index (κ1) is 12.1. The summed E-state index contributed by atoms with van der Waals surface area (Å²) in [6.45, 7) is 3.77. The van der Waals surface area contributed by atoms with E-state index in [4.69, 9.17) is 5.26 Å². The molecule has 0 aromatic carbocycles. The quantitative estimate of drug-likeness (QED) is 0.890. The van der Waals surface area contributed by atoms with Gasteiger partial charge < -0.3 is 9.72 Å². The van der Waals surface area contributed by atoms with Gasteiger partial charge in [-0.3, -0.25) is 4.79 Å². The number of aromatic nitrogens is 2. The van der Waals surface area contributed by atoms with E-state index in [0.717, 1.165) is 11.2 Å². The molecule has 0 fully saturated rings. The van der Waals surface area contributed by atoms with Crippen molar-refractivity contribution in [1.29, 1.82) is 5.26 Å². The smallest absolute Gasteiger partial charge is 0.271 e. The highest BCUT2D eigenvalue weighted by atomic mass is 16.1. The minimum Gasteiger partial charge on any atom is -0.347 e. The van der Waals surface area contributed by atoms with Crippen molar-refractivity contribution in [3.63, 3.8) is 0 Å². The molecule has 0 saturated carbocycles. The highest BCUT2D eigenvalue weighted by molar-refractivity contribution is 5.93. The molecule has 2 rings (SSSR count). The van der Waals surface area contributed by atoms with Crippen LogP contribution in [0.2, 0.25) is 0 Å². The number of nitrogens with zero attached hydrogens (tertiary/aromatic N) is 3. The number of aryl methyl sites for hydroxylation is 1. The second-order valence-corrected chi connectivity index (χ2v) is 4.33. The Hall–Kier alpha value is -2.35. The van der Waals surface area contributed by atoms with E-state index in [1.807, 2.05) is 31.3 Å². The van der Waals surface area contributed by atoms with Crippen LogP contribution >= 0.6 is 0 Å². The third-order valence-electron chi connectivity index (χ3n) is 2.62. The number of carbonyl (C=O) groups is 1. The normalized spacial score (nSPS) is 12.1. The molecular weight excluding hydrogens is 228 g/mol. The molecule has 2 heterocycles. The molecule has 1 N–H and O–H groups in total. The fraction of sp³-hybridized carbons (Fsp3) is 0.308. The van der Waals surface area contributed by atoms with Gasteiger partial charge in [-0.05, 0) is 31.5 Å². The maximum Gasteiger partial charge on any atom is 0.271 e. The fourth-order valence-corrected chi connectivity index (χ4v) is 1.68. The van der Waals surface area contributed by atoms with Crippen LogP contribution in [0.3, 0.4) is 0 Å². The van der Waals surface area contributed by atoms with E-state index in [1.165, 1.54) is 0 Å². The Morgan fingerprint density at radius 1 is 1.67 bits per heavy atom. The van der Waals surface area contributed by atoms with Crippen molar-refractivity contribution in [1.82, 2.24) is 14.7 Å². The standard InChI is InChI=1S/C13H14N4O/c1-9-4-6-17-8-11(16-12(17)7-9)13(18)15-10(2)3-5-14/h4,6-8,10H,3H2,1-2H3,(H,15,18). The van der Waals surface area contributed by atoms with Crippen molar-refractivity contribution in [2.24, 2.45) is 0 Å². The average molecular weight is 242 g/mol. The average Bonchev–Trinajstić information content (AvgIpc) is 2.72. The molecule has 1 atom stereocenters. The van der Waals surface area contributed by atoms with Crippen molar-refractivity contribution in [3.05, 3.63) is 35.8 Å². The highest BCUT2D eigenvalue weighted by Gasteiger charge is 2.13. The molecule has 18 heavy (non-hydrogen) atoms. The number of amides is 1. The van der Waals surface area contributed by atoms with Crippen LogP contribution in [-0.2, 0) is 0 Å². The number of hydrogen-bond donors (Lipinski definition) is 1. The lowest BCUT2D eigenvalue weighted by atomic mass is 10.2. The summed E-state index contributed by atoms with van der Waals surface area (Å²) in [5, 5.41) is 11.3. The van der Waals surface area contributed by atoms with Gasteiger partial charge in [-0.25, -0.2) is 4.98 Å². The lowest BCUT2D eigenvalue weighted by Crippen LogP contribution is -2.32. The van der Waals surface area contributed by atoms with Crippen LogP contribution in [0.5, 0.6) is 0 Å². The van der Waals surface area contributed by atoms with Crippen LogP contribution in [0.15, 0.2) is 24.5 Å². The Bertz CT molecular complexity index is 623. The van der Waals surface area contributed by atoms with Gasteiger partial charge in [-0.2, -0.15) is 5.26 Å².